The Morgan fingerprint density at radius 1 is 1.44 bits per heavy atom. The lowest BCUT2D eigenvalue weighted by molar-refractivity contribution is -0.386. The second-order valence-electron chi connectivity index (χ2n) is 3.01. The van der Waals surface area contributed by atoms with E-state index in [2.05, 4.69) is 4.74 Å². The van der Waals surface area contributed by atoms with Crippen LogP contribution in [0.15, 0.2) is 24.3 Å². The van der Waals surface area contributed by atoms with Crippen LogP contribution in [0.4, 0.5) is 5.69 Å². The predicted octanol–water partition coefficient (Wildman–Crippen LogP) is 1.54. The van der Waals surface area contributed by atoms with Gasteiger partial charge in [-0.25, -0.2) is 4.79 Å². The first-order valence-electron chi connectivity index (χ1n) is 4.54. The van der Waals surface area contributed by atoms with E-state index in [-0.39, 0.29) is 11.4 Å². The van der Waals surface area contributed by atoms with Gasteiger partial charge in [-0.15, -0.1) is 0 Å². The minimum Gasteiger partial charge on any atom is -0.472 e. The fourth-order valence-corrected chi connectivity index (χ4v) is 1.11. The van der Waals surface area contributed by atoms with Crippen molar-refractivity contribution in [2.45, 2.75) is 13.0 Å². The molecule has 0 N–H and O–H groups in total. The maximum atomic E-state index is 11.1. The highest BCUT2D eigenvalue weighted by Crippen LogP contribution is 2.26. The van der Waals surface area contributed by atoms with Crippen molar-refractivity contribution in [3.8, 4) is 5.75 Å². The van der Waals surface area contributed by atoms with Crippen LogP contribution >= 0.6 is 0 Å². The number of benzene rings is 1. The van der Waals surface area contributed by atoms with Crippen molar-refractivity contribution in [1.29, 1.82) is 0 Å². The zero-order valence-electron chi connectivity index (χ0n) is 8.88. The number of nitro benzene ring substituents is 1. The van der Waals surface area contributed by atoms with E-state index in [0.717, 1.165) is 0 Å². The van der Waals surface area contributed by atoms with E-state index < -0.39 is 17.0 Å². The fourth-order valence-electron chi connectivity index (χ4n) is 1.11. The number of carbonyl (C=O) groups excluding carboxylic acids is 1. The van der Waals surface area contributed by atoms with Gasteiger partial charge < -0.3 is 9.47 Å². The molecule has 0 heterocycles. The zero-order chi connectivity index (χ0) is 12.1. The van der Waals surface area contributed by atoms with Crippen LogP contribution in [0.5, 0.6) is 5.75 Å². The lowest BCUT2D eigenvalue weighted by atomic mass is 10.3. The minimum atomic E-state index is -0.883. The van der Waals surface area contributed by atoms with Crippen LogP contribution in [0, 0.1) is 10.1 Å². The highest BCUT2D eigenvalue weighted by atomic mass is 16.6. The topological polar surface area (TPSA) is 78.7 Å². The Bertz CT molecular complexity index is 404. The molecule has 6 heteroatoms. The number of nitrogens with zero attached hydrogens (tertiary/aromatic N) is 1. The summed E-state index contributed by atoms with van der Waals surface area (Å²) in [6, 6.07) is 5.84. The Morgan fingerprint density at radius 3 is 2.62 bits per heavy atom. The van der Waals surface area contributed by atoms with Gasteiger partial charge in [-0.05, 0) is 13.0 Å². The molecule has 0 saturated carbocycles. The van der Waals surface area contributed by atoms with Crippen molar-refractivity contribution in [2.24, 2.45) is 0 Å². The van der Waals surface area contributed by atoms with Crippen molar-refractivity contribution in [1.82, 2.24) is 0 Å². The van der Waals surface area contributed by atoms with E-state index in [1.54, 1.807) is 6.07 Å². The van der Waals surface area contributed by atoms with E-state index in [1.165, 1.54) is 32.2 Å². The van der Waals surface area contributed by atoms with Crippen molar-refractivity contribution < 1.29 is 19.2 Å². The average Bonchev–Trinajstić information content (AvgIpc) is 2.28. The van der Waals surface area contributed by atoms with E-state index >= 15 is 0 Å². The molecule has 0 aliphatic rings. The zero-order valence-corrected chi connectivity index (χ0v) is 8.88. The molecule has 0 radical (unpaired) electrons. The molecular weight excluding hydrogens is 214 g/mol. The van der Waals surface area contributed by atoms with Crippen molar-refractivity contribution >= 4 is 11.7 Å². The fraction of sp³-hybridized carbons (Fsp3) is 0.300. The van der Waals surface area contributed by atoms with Crippen molar-refractivity contribution in [3.05, 3.63) is 34.4 Å². The van der Waals surface area contributed by atoms with Crippen LogP contribution in [-0.4, -0.2) is 24.1 Å². The van der Waals surface area contributed by atoms with E-state index in [4.69, 9.17) is 4.74 Å². The Kier molecular flexibility index (Phi) is 3.82. The van der Waals surface area contributed by atoms with Crippen molar-refractivity contribution in [3.63, 3.8) is 0 Å². The summed E-state index contributed by atoms with van der Waals surface area (Å²) in [5, 5.41) is 10.7. The molecule has 0 spiro atoms. The van der Waals surface area contributed by atoms with Crippen LogP contribution in [0.1, 0.15) is 6.92 Å². The lowest BCUT2D eigenvalue weighted by Gasteiger charge is -2.11. The molecule has 1 aromatic carbocycles. The van der Waals surface area contributed by atoms with Gasteiger partial charge in [0.15, 0.2) is 11.9 Å². The largest absolute Gasteiger partial charge is 0.472 e. The quantitative estimate of drug-likeness (QED) is 0.441. The van der Waals surface area contributed by atoms with Gasteiger partial charge >= 0.3 is 11.7 Å². The van der Waals surface area contributed by atoms with E-state index in [9.17, 15) is 14.9 Å². The molecule has 0 aromatic heterocycles. The highest BCUT2D eigenvalue weighted by molar-refractivity contribution is 5.74. The summed E-state index contributed by atoms with van der Waals surface area (Å²) < 4.78 is 9.59. The monoisotopic (exact) mass is 225 g/mol. The number of methoxy groups -OCH3 is 1. The second kappa shape index (κ2) is 5.11. The summed E-state index contributed by atoms with van der Waals surface area (Å²) >= 11 is 0. The predicted molar refractivity (Wildman–Crippen MR) is 55.2 cm³/mol. The van der Waals surface area contributed by atoms with Gasteiger partial charge in [0.05, 0.1) is 12.0 Å². The number of hydrogen-bond acceptors (Lipinski definition) is 5. The van der Waals surface area contributed by atoms with Gasteiger partial charge in [0.1, 0.15) is 0 Å². The molecule has 0 saturated heterocycles. The van der Waals surface area contributed by atoms with Gasteiger partial charge in [0.25, 0.3) is 0 Å². The summed E-state index contributed by atoms with van der Waals surface area (Å²) in [6.07, 6.45) is -0.883. The average molecular weight is 225 g/mol. The molecule has 0 amide bonds. The molecule has 0 fully saturated rings. The number of carbonyl (C=O) groups is 1. The number of hydrogen-bond donors (Lipinski definition) is 0. The van der Waals surface area contributed by atoms with Crippen LogP contribution < -0.4 is 4.74 Å². The molecule has 86 valence electrons. The number of ether oxygens (including phenoxy) is 2. The van der Waals surface area contributed by atoms with Gasteiger partial charge in [0.2, 0.25) is 0 Å². The molecule has 16 heavy (non-hydrogen) atoms. The van der Waals surface area contributed by atoms with Gasteiger partial charge in [-0.1, -0.05) is 12.1 Å². The summed E-state index contributed by atoms with van der Waals surface area (Å²) in [5.74, 6) is -0.538. The third-order valence-corrected chi connectivity index (χ3v) is 1.90. The Balaban J connectivity index is 2.88. The highest BCUT2D eigenvalue weighted by Gasteiger charge is 2.20. The van der Waals surface area contributed by atoms with Crippen LogP contribution in [-0.2, 0) is 9.53 Å². The molecule has 0 bridgehead atoms. The number of para-hydroxylation sites is 2. The Labute approximate surface area is 91.9 Å². The summed E-state index contributed by atoms with van der Waals surface area (Å²) in [7, 11) is 1.22. The molecule has 0 aliphatic carbocycles. The molecule has 0 aliphatic heterocycles. The molecular formula is C10H11NO5. The Morgan fingerprint density at radius 2 is 2.06 bits per heavy atom. The first-order valence-corrected chi connectivity index (χ1v) is 4.54. The van der Waals surface area contributed by atoms with Gasteiger partial charge in [0, 0.05) is 6.07 Å². The molecule has 1 atom stereocenters. The van der Waals surface area contributed by atoms with Crippen LogP contribution in [0.2, 0.25) is 0 Å². The van der Waals surface area contributed by atoms with Crippen LogP contribution in [0.25, 0.3) is 0 Å². The number of esters is 1. The van der Waals surface area contributed by atoms with Crippen LogP contribution in [0.3, 0.4) is 0 Å². The number of rotatable bonds is 4. The minimum absolute atomic E-state index is 0.0467. The molecule has 1 rings (SSSR count). The molecule has 1 aromatic rings. The number of nitro groups is 1. The van der Waals surface area contributed by atoms with Gasteiger partial charge in [-0.2, -0.15) is 0 Å². The lowest BCUT2D eigenvalue weighted by Crippen LogP contribution is -2.25. The first kappa shape index (κ1) is 12.0. The second-order valence-corrected chi connectivity index (χ2v) is 3.01. The normalized spacial score (nSPS) is 11.6. The Hall–Kier alpha value is -2.11. The summed E-state index contributed by atoms with van der Waals surface area (Å²) in [5.41, 5.74) is -0.182. The third kappa shape index (κ3) is 2.69. The molecule has 1 unspecified atom stereocenters. The van der Waals surface area contributed by atoms with Crippen molar-refractivity contribution in [2.75, 3.05) is 7.11 Å². The maximum Gasteiger partial charge on any atom is 0.346 e. The summed E-state index contributed by atoms with van der Waals surface area (Å²) in [4.78, 5) is 21.2. The standard InChI is InChI=1S/C10H11NO5/c1-7(10(12)15-2)16-9-6-4-3-5-8(9)11(13)14/h3-7H,1-2H3. The summed E-state index contributed by atoms with van der Waals surface area (Å²) in [6.45, 7) is 1.46. The van der Waals surface area contributed by atoms with E-state index in [0.29, 0.717) is 0 Å². The maximum absolute atomic E-state index is 11.1. The first-order chi connectivity index (χ1) is 7.56. The SMILES string of the molecule is COC(=O)C(C)Oc1ccccc1[N+](=O)[O-]. The van der Waals surface area contributed by atoms with Gasteiger partial charge in [-0.3, -0.25) is 10.1 Å². The van der Waals surface area contributed by atoms with E-state index in [1.807, 2.05) is 0 Å². The molecule has 6 nitrogen and oxygen atoms in total. The smallest absolute Gasteiger partial charge is 0.346 e. The third-order valence-electron chi connectivity index (χ3n) is 1.90.